The van der Waals surface area contributed by atoms with Crippen molar-refractivity contribution in [1.82, 2.24) is 20.1 Å². The van der Waals surface area contributed by atoms with Crippen molar-refractivity contribution in [3.8, 4) is 17.0 Å². The quantitative estimate of drug-likeness (QED) is 0.599. The van der Waals surface area contributed by atoms with Crippen LogP contribution < -0.4 is 10.1 Å². The van der Waals surface area contributed by atoms with Crippen molar-refractivity contribution in [3.05, 3.63) is 60.7 Å². The van der Waals surface area contributed by atoms with E-state index in [-0.39, 0.29) is 0 Å². The topological polar surface area (TPSA) is 86.0 Å². The third-order valence-electron chi connectivity index (χ3n) is 3.78. The van der Waals surface area contributed by atoms with Gasteiger partial charge in [0.2, 0.25) is 0 Å². The maximum Gasteiger partial charge on any atom is 0.263 e. The summed E-state index contributed by atoms with van der Waals surface area (Å²) in [5.74, 6) is 1.39. The van der Waals surface area contributed by atoms with E-state index in [4.69, 9.17) is 9.26 Å². The molecule has 0 unspecified atom stereocenters. The number of aromatic nitrogens is 4. The standard InChI is InChI=1S/C18H15N5O2/c1-24-14-7-4-5-12(9-14)16-15-17(21-11-22-18(15)25-23-16)20-10-13-6-2-3-8-19-13/h2-9,11H,10H2,1H3,(H,20,21,22). The van der Waals surface area contributed by atoms with Crippen LogP contribution in [0.4, 0.5) is 5.82 Å². The van der Waals surface area contributed by atoms with E-state index in [9.17, 15) is 0 Å². The lowest BCUT2D eigenvalue weighted by molar-refractivity contribution is 0.415. The van der Waals surface area contributed by atoms with Crippen molar-refractivity contribution in [2.45, 2.75) is 6.54 Å². The molecule has 0 radical (unpaired) electrons. The Balaban J connectivity index is 1.74. The number of benzene rings is 1. The lowest BCUT2D eigenvalue weighted by atomic mass is 10.1. The van der Waals surface area contributed by atoms with Gasteiger partial charge < -0.3 is 14.6 Å². The molecule has 0 aliphatic heterocycles. The monoisotopic (exact) mass is 333 g/mol. The van der Waals surface area contributed by atoms with Gasteiger partial charge in [0.15, 0.2) is 0 Å². The third kappa shape index (κ3) is 2.99. The van der Waals surface area contributed by atoms with Gasteiger partial charge in [-0.3, -0.25) is 4.98 Å². The molecule has 0 saturated heterocycles. The number of anilines is 1. The fourth-order valence-corrected chi connectivity index (χ4v) is 2.57. The Bertz CT molecular complexity index is 1000. The van der Waals surface area contributed by atoms with Crippen molar-refractivity contribution in [2.75, 3.05) is 12.4 Å². The van der Waals surface area contributed by atoms with Crippen LogP contribution >= 0.6 is 0 Å². The normalized spacial score (nSPS) is 10.8. The second-order valence-electron chi connectivity index (χ2n) is 5.34. The van der Waals surface area contributed by atoms with Crippen molar-refractivity contribution in [3.63, 3.8) is 0 Å². The summed E-state index contributed by atoms with van der Waals surface area (Å²) in [5.41, 5.74) is 2.87. The molecule has 3 heterocycles. The van der Waals surface area contributed by atoms with Crippen molar-refractivity contribution < 1.29 is 9.26 Å². The van der Waals surface area contributed by atoms with Gasteiger partial charge in [0.05, 0.1) is 19.3 Å². The highest BCUT2D eigenvalue weighted by Gasteiger charge is 2.17. The van der Waals surface area contributed by atoms with Crippen LogP contribution in [0.3, 0.4) is 0 Å². The third-order valence-corrected chi connectivity index (χ3v) is 3.78. The van der Waals surface area contributed by atoms with E-state index in [0.29, 0.717) is 23.8 Å². The van der Waals surface area contributed by atoms with Crippen LogP contribution in [-0.4, -0.2) is 27.2 Å². The highest BCUT2D eigenvalue weighted by atomic mass is 16.5. The number of rotatable bonds is 5. The van der Waals surface area contributed by atoms with Crippen LogP contribution in [0.25, 0.3) is 22.4 Å². The van der Waals surface area contributed by atoms with Gasteiger partial charge in [-0.1, -0.05) is 23.4 Å². The minimum absolute atomic E-state index is 0.427. The molecule has 124 valence electrons. The van der Waals surface area contributed by atoms with Crippen LogP contribution in [-0.2, 0) is 6.54 Å². The summed E-state index contributed by atoms with van der Waals surface area (Å²) >= 11 is 0. The number of pyridine rings is 1. The second-order valence-corrected chi connectivity index (χ2v) is 5.34. The summed E-state index contributed by atoms with van der Waals surface area (Å²) in [6.07, 6.45) is 3.21. The number of ether oxygens (including phenoxy) is 1. The Hall–Kier alpha value is -3.48. The van der Waals surface area contributed by atoms with Crippen molar-refractivity contribution in [2.24, 2.45) is 0 Å². The molecule has 0 amide bonds. The molecule has 0 saturated carbocycles. The van der Waals surface area contributed by atoms with E-state index < -0.39 is 0 Å². The van der Waals surface area contributed by atoms with Crippen LogP contribution in [0.2, 0.25) is 0 Å². The SMILES string of the molecule is COc1cccc(-c2noc3ncnc(NCc4ccccn4)c23)c1. The number of nitrogens with one attached hydrogen (secondary N) is 1. The highest BCUT2D eigenvalue weighted by molar-refractivity contribution is 5.97. The van der Waals surface area contributed by atoms with E-state index in [1.165, 1.54) is 6.33 Å². The van der Waals surface area contributed by atoms with Gasteiger partial charge in [0.25, 0.3) is 5.71 Å². The van der Waals surface area contributed by atoms with E-state index in [1.54, 1.807) is 13.3 Å². The predicted octanol–water partition coefficient (Wildman–Crippen LogP) is 3.30. The van der Waals surface area contributed by atoms with Crippen molar-refractivity contribution >= 4 is 16.9 Å². The molecule has 25 heavy (non-hydrogen) atoms. The van der Waals surface area contributed by atoms with Crippen LogP contribution in [0.5, 0.6) is 5.75 Å². The average Bonchev–Trinajstić information content (AvgIpc) is 3.12. The number of fused-ring (bicyclic) bond motifs is 1. The average molecular weight is 333 g/mol. The van der Waals surface area contributed by atoms with Gasteiger partial charge in [-0.2, -0.15) is 4.98 Å². The molecule has 3 aromatic heterocycles. The zero-order chi connectivity index (χ0) is 17.1. The number of hydrogen-bond acceptors (Lipinski definition) is 7. The molecule has 7 heteroatoms. The zero-order valence-corrected chi connectivity index (χ0v) is 13.5. The molecule has 1 aromatic carbocycles. The summed E-state index contributed by atoms with van der Waals surface area (Å²) in [7, 11) is 1.63. The maximum absolute atomic E-state index is 5.37. The summed E-state index contributed by atoms with van der Waals surface area (Å²) in [4.78, 5) is 12.8. The first-order valence-electron chi connectivity index (χ1n) is 7.74. The van der Waals surface area contributed by atoms with Crippen LogP contribution in [0.15, 0.2) is 59.5 Å². The Kier molecular flexibility index (Phi) is 3.96. The Morgan fingerprint density at radius 3 is 2.88 bits per heavy atom. The number of nitrogens with zero attached hydrogens (tertiary/aromatic N) is 4. The molecule has 0 bridgehead atoms. The Morgan fingerprint density at radius 2 is 2.04 bits per heavy atom. The lowest BCUT2D eigenvalue weighted by Gasteiger charge is -2.07. The molecule has 0 aliphatic rings. The maximum atomic E-state index is 5.37. The molecule has 0 atom stereocenters. The molecule has 0 fully saturated rings. The van der Waals surface area contributed by atoms with E-state index in [2.05, 4.69) is 25.4 Å². The Labute approximate surface area is 143 Å². The molecule has 0 spiro atoms. The van der Waals surface area contributed by atoms with Gasteiger partial charge in [-0.15, -0.1) is 0 Å². The largest absolute Gasteiger partial charge is 0.497 e. The first-order chi connectivity index (χ1) is 12.3. The van der Waals surface area contributed by atoms with Gasteiger partial charge in [-0.05, 0) is 24.3 Å². The van der Waals surface area contributed by atoms with E-state index in [1.807, 2.05) is 42.5 Å². The van der Waals surface area contributed by atoms with Gasteiger partial charge in [-0.25, -0.2) is 4.98 Å². The van der Waals surface area contributed by atoms with Crippen molar-refractivity contribution in [1.29, 1.82) is 0 Å². The smallest absolute Gasteiger partial charge is 0.263 e. The molecule has 4 aromatic rings. The fraction of sp³-hybridized carbons (Fsp3) is 0.111. The number of methoxy groups -OCH3 is 1. The zero-order valence-electron chi connectivity index (χ0n) is 13.5. The molecular formula is C18H15N5O2. The van der Waals surface area contributed by atoms with Gasteiger partial charge >= 0.3 is 0 Å². The Morgan fingerprint density at radius 1 is 1.08 bits per heavy atom. The van der Waals surface area contributed by atoms with Crippen LogP contribution in [0, 0.1) is 0 Å². The molecule has 4 rings (SSSR count). The minimum atomic E-state index is 0.427. The van der Waals surface area contributed by atoms with E-state index >= 15 is 0 Å². The molecular weight excluding hydrogens is 318 g/mol. The van der Waals surface area contributed by atoms with Gasteiger partial charge in [0.1, 0.15) is 29.0 Å². The summed E-state index contributed by atoms with van der Waals surface area (Å²) in [6.45, 7) is 0.537. The number of hydrogen-bond donors (Lipinski definition) is 1. The first-order valence-corrected chi connectivity index (χ1v) is 7.74. The highest BCUT2D eigenvalue weighted by Crippen LogP contribution is 2.32. The molecule has 0 aliphatic carbocycles. The lowest BCUT2D eigenvalue weighted by Crippen LogP contribution is -2.03. The first kappa shape index (κ1) is 15.1. The molecule has 7 nitrogen and oxygen atoms in total. The molecule has 1 N–H and O–H groups in total. The fourth-order valence-electron chi connectivity index (χ4n) is 2.57. The summed E-state index contributed by atoms with van der Waals surface area (Å²) in [6, 6.07) is 13.4. The predicted molar refractivity (Wildman–Crippen MR) is 93.2 cm³/mol. The summed E-state index contributed by atoms with van der Waals surface area (Å²) in [5, 5.41) is 8.18. The van der Waals surface area contributed by atoms with E-state index in [0.717, 1.165) is 22.4 Å². The van der Waals surface area contributed by atoms with Crippen LogP contribution in [0.1, 0.15) is 5.69 Å². The second kappa shape index (κ2) is 6.56. The minimum Gasteiger partial charge on any atom is -0.497 e. The summed E-state index contributed by atoms with van der Waals surface area (Å²) < 4.78 is 10.7. The van der Waals surface area contributed by atoms with Gasteiger partial charge in [0, 0.05) is 11.8 Å².